The Bertz CT molecular complexity index is 289. The molecule has 0 aliphatic carbocycles. The molecule has 0 radical (unpaired) electrons. The van der Waals surface area contributed by atoms with Gasteiger partial charge in [-0.1, -0.05) is 36.9 Å². The third-order valence-corrected chi connectivity index (χ3v) is 2.44. The van der Waals surface area contributed by atoms with Crippen LogP contribution in [0.25, 0.3) is 6.08 Å². The van der Waals surface area contributed by atoms with Crippen LogP contribution < -0.4 is 0 Å². The fourth-order valence-corrected chi connectivity index (χ4v) is 1.36. The number of benzene rings is 1. The fraction of sp³-hybridized carbons (Fsp3) is 0.333. The summed E-state index contributed by atoms with van der Waals surface area (Å²) in [7, 11) is 4.18. The second-order valence-electron chi connectivity index (χ2n) is 3.47. The molecule has 0 N–H and O–H groups in total. The summed E-state index contributed by atoms with van der Waals surface area (Å²) < 4.78 is 0. The molecule has 1 nitrogen and oxygen atoms in total. The van der Waals surface area contributed by atoms with Crippen LogP contribution in [0.15, 0.2) is 30.8 Å². The minimum atomic E-state index is 0.439. The number of hydrogen-bond acceptors (Lipinski definition) is 1. The number of hydrogen-bond donors (Lipinski definition) is 0. The van der Waals surface area contributed by atoms with Gasteiger partial charge in [0.15, 0.2) is 0 Å². The third kappa shape index (κ3) is 2.19. The van der Waals surface area contributed by atoms with Gasteiger partial charge in [-0.2, -0.15) is 0 Å². The third-order valence-electron chi connectivity index (χ3n) is 2.44. The van der Waals surface area contributed by atoms with Crippen LogP contribution in [0.1, 0.15) is 24.1 Å². The lowest BCUT2D eigenvalue weighted by molar-refractivity contribution is 0.321. The van der Waals surface area contributed by atoms with Crippen LogP contribution in [0.2, 0.25) is 0 Å². The molecule has 1 aromatic carbocycles. The molecule has 0 heterocycles. The molecule has 1 heteroatoms. The van der Waals surface area contributed by atoms with Gasteiger partial charge in [-0.15, -0.1) is 0 Å². The SMILES string of the molecule is C=Cc1ccccc1[C@@H](C)N(C)C. The molecule has 70 valence electrons. The van der Waals surface area contributed by atoms with Crippen molar-refractivity contribution in [1.29, 1.82) is 0 Å². The summed E-state index contributed by atoms with van der Waals surface area (Å²) in [6.45, 7) is 6.01. The zero-order valence-electron chi connectivity index (χ0n) is 8.62. The Morgan fingerprint density at radius 2 is 1.92 bits per heavy atom. The van der Waals surface area contributed by atoms with Crippen LogP contribution in [-0.2, 0) is 0 Å². The van der Waals surface area contributed by atoms with Crippen molar-refractivity contribution < 1.29 is 0 Å². The summed E-state index contributed by atoms with van der Waals surface area (Å²) in [5.41, 5.74) is 2.56. The molecule has 0 bridgehead atoms. The van der Waals surface area contributed by atoms with E-state index in [1.807, 2.05) is 12.1 Å². The summed E-state index contributed by atoms with van der Waals surface area (Å²) in [4.78, 5) is 2.20. The first-order chi connectivity index (χ1) is 6.16. The van der Waals surface area contributed by atoms with Crippen molar-refractivity contribution in [1.82, 2.24) is 4.90 Å². The molecule has 0 aromatic heterocycles. The van der Waals surface area contributed by atoms with Gasteiger partial charge in [0.25, 0.3) is 0 Å². The highest BCUT2D eigenvalue weighted by atomic mass is 15.1. The minimum Gasteiger partial charge on any atom is -0.303 e. The standard InChI is InChI=1S/C12H17N/c1-5-11-8-6-7-9-12(11)10(2)13(3)4/h5-10H,1H2,2-4H3/t10-/m1/s1. The van der Waals surface area contributed by atoms with Gasteiger partial charge in [0.05, 0.1) is 0 Å². The Kier molecular flexibility index (Phi) is 3.26. The van der Waals surface area contributed by atoms with Gasteiger partial charge >= 0.3 is 0 Å². The first-order valence-corrected chi connectivity index (χ1v) is 4.54. The predicted molar refractivity (Wildman–Crippen MR) is 58.6 cm³/mol. The monoisotopic (exact) mass is 175 g/mol. The van der Waals surface area contributed by atoms with Crippen LogP contribution in [0, 0.1) is 0 Å². The highest BCUT2D eigenvalue weighted by Gasteiger charge is 2.09. The second-order valence-corrected chi connectivity index (χ2v) is 3.47. The topological polar surface area (TPSA) is 3.24 Å². The van der Waals surface area contributed by atoms with Gasteiger partial charge < -0.3 is 4.90 Å². The van der Waals surface area contributed by atoms with Crippen molar-refractivity contribution >= 4 is 6.08 Å². The maximum atomic E-state index is 3.81. The van der Waals surface area contributed by atoms with Crippen molar-refractivity contribution in [2.75, 3.05) is 14.1 Å². The van der Waals surface area contributed by atoms with E-state index >= 15 is 0 Å². The van der Waals surface area contributed by atoms with E-state index < -0.39 is 0 Å². The molecule has 0 spiro atoms. The molecule has 0 aliphatic heterocycles. The molecule has 0 unspecified atom stereocenters. The van der Waals surface area contributed by atoms with Gasteiger partial charge in [0.1, 0.15) is 0 Å². The van der Waals surface area contributed by atoms with E-state index in [0.717, 1.165) is 0 Å². The van der Waals surface area contributed by atoms with Crippen LogP contribution in [0.4, 0.5) is 0 Å². The highest BCUT2D eigenvalue weighted by molar-refractivity contribution is 5.52. The molecule has 0 aliphatic rings. The van der Waals surface area contributed by atoms with Gasteiger partial charge in [-0.3, -0.25) is 0 Å². The molecule has 0 amide bonds. The quantitative estimate of drug-likeness (QED) is 0.682. The van der Waals surface area contributed by atoms with E-state index in [2.05, 4.69) is 50.7 Å². The Morgan fingerprint density at radius 3 is 2.46 bits per heavy atom. The van der Waals surface area contributed by atoms with E-state index in [-0.39, 0.29) is 0 Å². The summed E-state index contributed by atoms with van der Waals surface area (Å²) in [5.74, 6) is 0. The van der Waals surface area contributed by atoms with Crippen molar-refractivity contribution in [3.05, 3.63) is 42.0 Å². The highest BCUT2D eigenvalue weighted by Crippen LogP contribution is 2.21. The average molecular weight is 175 g/mol. The number of rotatable bonds is 3. The lowest BCUT2D eigenvalue weighted by Gasteiger charge is -2.21. The minimum absolute atomic E-state index is 0.439. The zero-order valence-corrected chi connectivity index (χ0v) is 8.62. The van der Waals surface area contributed by atoms with E-state index in [0.29, 0.717) is 6.04 Å². The van der Waals surface area contributed by atoms with E-state index in [1.54, 1.807) is 0 Å². The van der Waals surface area contributed by atoms with Crippen molar-refractivity contribution in [3.63, 3.8) is 0 Å². The molecular weight excluding hydrogens is 158 g/mol. The summed E-state index contributed by atoms with van der Waals surface area (Å²) in [6.07, 6.45) is 1.91. The molecular formula is C12H17N. The summed E-state index contributed by atoms with van der Waals surface area (Å²) >= 11 is 0. The second kappa shape index (κ2) is 4.24. The number of nitrogens with zero attached hydrogens (tertiary/aromatic N) is 1. The van der Waals surface area contributed by atoms with Crippen LogP contribution in [0.3, 0.4) is 0 Å². The largest absolute Gasteiger partial charge is 0.303 e. The first kappa shape index (κ1) is 10.0. The smallest absolute Gasteiger partial charge is 0.0319 e. The molecule has 0 saturated heterocycles. The fourth-order valence-electron chi connectivity index (χ4n) is 1.36. The molecule has 1 aromatic rings. The Morgan fingerprint density at radius 1 is 1.31 bits per heavy atom. The maximum Gasteiger partial charge on any atom is 0.0319 e. The van der Waals surface area contributed by atoms with Gasteiger partial charge in [0, 0.05) is 6.04 Å². The Labute approximate surface area is 80.7 Å². The lowest BCUT2D eigenvalue weighted by Crippen LogP contribution is -2.17. The van der Waals surface area contributed by atoms with E-state index in [4.69, 9.17) is 0 Å². The Hall–Kier alpha value is -1.08. The summed E-state index contributed by atoms with van der Waals surface area (Å²) in [5, 5.41) is 0. The molecule has 1 rings (SSSR count). The van der Waals surface area contributed by atoms with Gasteiger partial charge in [-0.25, -0.2) is 0 Å². The summed E-state index contributed by atoms with van der Waals surface area (Å²) in [6, 6.07) is 8.81. The van der Waals surface area contributed by atoms with Crippen LogP contribution >= 0.6 is 0 Å². The van der Waals surface area contributed by atoms with Crippen molar-refractivity contribution in [2.24, 2.45) is 0 Å². The van der Waals surface area contributed by atoms with E-state index in [9.17, 15) is 0 Å². The zero-order chi connectivity index (χ0) is 9.84. The van der Waals surface area contributed by atoms with Crippen LogP contribution in [-0.4, -0.2) is 19.0 Å². The molecule has 13 heavy (non-hydrogen) atoms. The average Bonchev–Trinajstić information content (AvgIpc) is 2.16. The van der Waals surface area contributed by atoms with Crippen molar-refractivity contribution in [2.45, 2.75) is 13.0 Å². The molecule has 1 atom stereocenters. The van der Waals surface area contributed by atoms with Crippen LogP contribution in [0.5, 0.6) is 0 Å². The van der Waals surface area contributed by atoms with Gasteiger partial charge in [-0.05, 0) is 32.1 Å². The molecule has 0 fully saturated rings. The van der Waals surface area contributed by atoms with Crippen molar-refractivity contribution in [3.8, 4) is 0 Å². The maximum absolute atomic E-state index is 3.81. The first-order valence-electron chi connectivity index (χ1n) is 4.54. The predicted octanol–water partition coefficient (Wildman–Crippen LogP) is 2.95. The molecule has 0 saturated carbocycles. The van der Waals surface area contributed by atoms with E-state index in [1.165, 1.54) is 11.1 Å². The lowest BCUT2D eigenvalue weighted by atomic mass is 10.0. The normalized spacial score (nSPS) is 12.9. The van der Waals surface area contributed by atoms with Gasteiger partial charge in [0.2, 0.25) is 0 Å². The Balaban J connectivity index is 3.05.